The van der Waals surface area contributed by atoms with Gasteiger partial charge in [0.05, 0.1) is 18.8 Å². The van der Waals surface area contributed by atoms with Gasteiger partial charge in [-0.15, -0.1) is 0 Å². The molecule has 0 spiro atoms. The van der Waals surface area contributed by atoms with E-state index in [4.69, 9.17) is 14.2 Å². The molecule has 0 amide bonds. The number of carbonyl (C=O) groups is 1. The summed E-state index contributed by atoms with van der Waals surface area (Å²) in [5, 5.41) is 0. The van der Waals surface area contributed by atoms with Gasteiger partial charge in [-0.2, -0.15) is 13.2 Å². The molecule has 0 radical (unpaired) electrons. The highest BCUT2D eigenvalue weighted by Gasteiger charge is 2.32. The van der Waals surface area contributed by atoms with Crippen LogP contribution in [0.15, 0.2) is 42.5 Å². The molecule has 0 aliphatic carbocycles. The molecule has 0 heterocycles. The number of halogens is 3. The Morgan fingerprint density at radius 3 is 2.50 bits per heavy atom. The predicted octanol–water partition coefficient (Wildman–Crippen LogP) is 5.95. The van der Waals surface area contributed by atoms with Crippen molar-refractivity contribution in [2.75, 3.05) is 13.2 Å². The molecule has 7 heteroatoms. The Bertz CT molecular complexity index is 985. The van der Waals surface area contributed by atoms with E-state index in [-0.39, 0.29) is 6.61 Å². The van der Waals surface area contributed by atoms with E-state index in [1.165, 1.54) is 6.07 Å². The summed E-state index contributed by atoms with van der Waals surface area (Å²) in [7, 11) is 0. The maximum atomic E-state index is 12.7. The van der Waals surface area contributed by atoms with Gasteiger partial charge in [0.1, 0.15) is 11.5 Å². The van der Waals surface area contributed by atoms with Crippen LogP contribution in [0.5, 0.6) is 11.5 Å². The van der Waals surface area contributed by atoms with E-state index in [1.807, 2.05) is 13.0 Å². The molecule has 0 fully saturated rings. The molecule has 172 valence electrons. The molecule has 0 aromatic heterocycles. The molecule has 0 aliphatic heterocycles. The Morgan fingerprint density at radius 1 is 1.09 bits per heavy atom. The first-order chi connectivity index (χ1) is 15.0. The lowest BCUT2D eigenvalue weighted by Gasteiger charge is -2.25. The van der Waals surface area contributed by atoms with Gasteiger partial charge < -0.3 is 14.2 Å². The molecule has 2 rings (SSSR count). The summed E-state index contributed by atoms with van der Waals surface area (Å²) in [5.41, 5.74) is -0.676. The number of carbonyl (C=O) groups excluding carboxylic acids is 1. The van der Waals surface area contributed by atoms with Gasteiger partial charge in [0, 0.05) is 12.0 Å². The lowest BCUT2D eigenvalue weighted by Crippen LogP contribution is -2.39. The van der Waals surface area contributed by atoms with Gasteiger partial charge in [0.2, 0.25) is 0 Å². The Morgan fingerprint density at radius 2 is 1.84 bits per heavy atom. The summed E-state index contributed by atoms with van der Waals surface area (Å²) in [5.74, 6) is 6.39. The van der Waals surface area contributed by atoms with E-state index >= 15 is 0 Å². The van der Waals surface area contributed by atoms with Gasteiger partial charge in [-0.1, -0.05) is 17.9 Å². The first-order valence-corrected chi connectivity index (χ1v) is 10.3. The highest BCUT2D eigenvalue weighted by Crippen LogP contribution is 2.29. The highest BCUT2D eigenvalue weighted by molar-refractivity contribution is 5.79. The minimum absolute atomic E-state index is 0.279. The molecule has 0 aliphatic rings. The summed E-state index contributed by atoms with van der Waals surface area (Å²) in [6.07, 6.45) is -3.26. The smallest absolute Gasteiger partial charge is 0.416 e. The first-order valence-electron chi connectivity index (χ1n) is 10.3. The van der Waals surface area contributed by atoms with E-state index in [0.29, 0.717) is 36.5 Å². The quantitative estimate of drug-likeness (QED) is 0.285. The van der Waals surface area contributed by atoms with Crippen LogP contribution in [0, 0.1) is 18.8 Å². The molecule has 2 aromatic rings. The highest BCUT2D eigenvalue weighted by atomic mass is 19.4. The number of esters is 1. The Hall–Kier alpha value is -3.14. The normalized spacial score (nSPS) is 11.3. The summed E-state index contributed by atoms with van der Waals surface area (Å²) in [6.45, 7) is 7.57. The fraction of sp³-hybridized carbons (Fsp3) is 0.400. The number of hydrogen-bond acceptors (Lipinski definition) is 4. The van der Waals surface area contributed by atoms with Crippen molar-refractivity contribution < 1.29 is 32.2 Å². The third-order valence-corrected chi connectivity index (χ3v) is 4.42. The lowest BCUT2D eigenvalue weighted by atomic mass is 10.1. The second-order valence-electron chi connectivity index (χ2n) is 7.59. The largest absolute Gasteiger partial charge is 0.494 e. The number of unbranched alkanes of at least 4 members (excludes halogenated alkanes) is 1. The van der Waals surface area contributed by atoms with Gasteiger partial charge in [-0.3, -0.25) is 0 Å². The third kappa shape index (κ3) is 7.52. The van der Waals surface area contributed by atoms with Crippen LogP contribution < -0.4 is 9.47 Å². The maximum Gasteiger partial charge on any atom is 0.416 e. The van der Waals surface area contributed by atoms with E-state index in [1.54, 1.807) is 39.0 Å². The molecule has 0 saturated carbocycles. The Labute approximate surface area is 186 Å². The van der Waals surface area contributed by atoms with Crippen LogP contribution >= 0.6 is 0 Å². The molecule has 4 nitrogen and oxygen atoms in total. The first kappa shape index (κ1) is 25.1. The van der Waals surface area contributed by atoms with Crippen molar-refractivity contribution in [3.05, 3.63) is 59.2 Å². The van der Waals surface area contributed by atoms with Gasteiger partial charge >= 0.3 is 12.1 Å². The van der Waals surface area contributed by atoms with Crippen molar-refractivity contribution >= 4 is 5.97 Å². The summed E-state index contributed by atoms with van der Waals surface area (Å²) >= 11 is 0. The van der Waals surface area contributed by atoms with Crippen LogP contribution in [0.3, 0.4) is 0 Å². The molecule has 32 heavy (non-hydrogen) atoms. The van der Waals surface area contributed by atoms with Crippen LogP contribution in [-0.2, 0) is 15.7 Å². The zero-order valence-corrected chi connectivity index (χ0v) is 18.6. The SMILES string of the molecule is CCOC(=O)C(C)(C)Oc1ccc(OCCCC#Cc2cccc(C(F)(F)F)c2)cc1C. The molecule has 0 bridgehead atoms. The van der Waals surface area contributed by atoms with Crippen LogP contribution in [0.25, 0.3) is 0 Å². The predicted molar refractivity (Wildman–Crippen MR) is 116 cm³/mol. The summed E-state index contributed by atoms with van der Waals surface area (Å²) in [6, 6.07) is 10.3. The van der Waals surface area contributed by atoms with E-state index in [0.717, 1.165) is 17.7 Å². The van der Waals surface area contributed by atoms with Gasteiger partial charge in [-0.25, -0.2) is 4.79 Å². The van der Waals surface area contributed by atoms with Crippen molar-refractivity contribution in [2.24, 2.45) is 0 Å². The third-order valence-electron chi connectivity index (χ3n) is 4.42. The van der Waals surface area contributed by atoms with Crippen molar-refractivity contribution in [2.45, 2.75) is 52.3 Å². The molecule has 0 unspecified atom stereocenters. The van der Waals surface area contributed by atoms with Crippen molar-refractivity contribution in [1.82, 2.24) is 0 Å². The maximum absolute atomic E-state index is 12.7. The molecule has 2 aromatic carbocycles. The topological polar surface area (TPSA) is 44.8 Å². The number of benzene rings is 2. The second-order valence-corrected chi connectivity index (χ2v) is 7.59. The number of hydrogen-bond donors (Lipinski definition) is 0. The minimum atomic E-state index is -4.38. The molecule has 0 atom stereocenters. The lowest BCUT2D eigenvalue weighted by molar-refractivity contribution is -0.158. The van der Waals surface area contributed by atoms with Gasteiger partial charge in [-0.05, 0) is 76.1 Å². The summed E-state index contributed by atoms with van der Waals surface area (Å²) in [4.78, 5) is 12.0. The van der Waals surface area contributed by atoms with E-state index in [9.17, 15) is 18.0 Å². The monoisotopic (exact) mass is 448 g/mol. The number of rotatable bonds is 8. The molecular weight excluding hydrogens is 421 g/mol. The molecule has 0 N–H and O–H groups in total. The fourth-order valence-electron chi connectivity index (χ4n) is 2.74. The Balaban J connectivity index is 1.84. The van der Waals surface area contributed by atoms with Crippen molar-refractivity contribution in [1.29, 1.82) is 0 Å². The minimum Gasteiger partial charge on any atom is -0.494 e. The van der Waals surface area contributed by atoms with Gasteiger partial charge in [0.25, 0.3) is 0 Å². The molecule has 0 saturated heterocycles. The average Bonchev–Trinajstić information content (AvgIpc) is 2.72. The van der Waals surface area contributed by atoms with Crippen LogP contribution in [0.1, 0.15) is 50.3 Å². The number of ether oxygens (including phenoxy) is 3. The van der Waals surface area contributed by atoms with Crippen LogP contribution in [-0.4, -0.2) is 24.8 Å². The van der Waals surface area contributed by atoms with Crippen LogP contribution in [0.2, 0.25) is 0 Å². The molecular formula is C25H27F3O4. The number of aryl methyl sites for hydroxylation is 1. The Kier molecular flexibility index (Phi) is 8.59. The zero-order chi connectivity index (χ0) is 23.8. The van der Waals surface area contributed by atoms with Gasteiger partial charge in [0.15, 0.2) is 5.60 Å². The standard InChI is InChI=1S/C25H27F3O4/c1-5-30-23(29)24(3,4)32-22-14-13-21(16-18(22)2)31-15-8-6-7-10-19-11-9-12-20(17-19)25(26,27)28/h9,11-14,16-17H,5-6,8,15H2,1-4H3. The van der Waals surface area contributed by atoms with Crippen molar-refractivity contribution in [3.8, 4) is 23.3 Å². The van der Waals surface area contributed by atoms with E-state index in [2.05, 4.69) is 11.8 Å². The fourth-order valence-corrected chi connectivity index (χ4v) is 2.74. The summed E-state index contributed by atoms with van der Waals surface area (Å²) < 4.78 is 54.7. The zero-order valence-electron chi connectivity index (χ0n) is 18.6. The van der Waals surface area contributed by atoms with Crippen molar-refractivity contribution in [3.63, 3.8) is 0 Å². The second kappa shape index (κ2) is 10.9. The van der Waals surface area contributed by atoms with E-state index < -0.39 is 23.3 Å². The number of alkyl halides is 3. The van der Waals surface area contributed by atoms with Crippen LogP contribution in [0.4, 0.5) is 13.2 Å². The average molecular weight is 448 g/mol.